The molecule has 8 heteroatoms. The molecule has 0 spiro atoms. The Labute approximate surface area is 145 Å². The second-order valence-electron chi connectivity index (χ2n) is 6.55. The molecule has 7 nitrogen and oxygen atoms in total. The van der Waals surface area contributed by atoms with Crippen LogP contribution >= 0.6 is 11.3 Å². The maximum Gasteiger partial charge on any atom is 0.324 e. The lowest BCUT2D eigenvalue weighted by Crippen LogP contribution is -2.41. The fourth-order valence-electron chi connectivity index (χ4n) is 3.52. The molecular formula is C16H22N6OS. The molecule has 0 bridgehead atoms. The third kappa shape index (κ3) is 3.15. The number of rotatable bonds is 2. The predicted molar refractivity (Wildman–Crippen MR) is 92.1 cm³/mol. The maximum absolute atomic E-state index is 12.5. The summed E-state index contributed by atoms with van der Waals surface area (Å²) in [6.07, 6.45) is 8.38. The lowest BCUT2D eigenvalue weighted by molar-refractivity contribution is 0.193. The van der Waals surface area contributed by atoms with Crippen LogP contribution in [0.3, 0.4) is 0 Å². The van der Waals surface area contributed by atoms with Crippen molar-refractivity contribution < 1.29 is 4.79 Å². The summed E-state index contributed by atoms with van der Waals surface area (Å²) in [5.41, 5.74) is 0. The second-order valence-corrected chi connectivity index (χ2v) is 7.62. The fourth-order valence-corrected chi connectivity index (χ4v) is 4.50. The molecule has 0 aromatic carbocycles. The van der Waals surface area contributed by atoms with Gasteiger partial charge in [-0.2, -0.15) is 5.10 Å². The maximum atomic E-state index is 12.5. The van der Waals surface area contributed by atoms with Crippen molar-refractivity contribution in [1.29, 1.82) is 0 Å². The van der Waals surface area contributed by atoms with Crippen LogP contribution in [0.1, 0.15) is 54.5 Å². The van der Waals surface area contributed by atoms with Gasteiger partial charge in [-0.25, -0.2) is 19.4 Å². The number of aromatic nitrogens is 4. The summed E-state index contributed by atoms with van der Waals surface area (Å²) in [6.45, 7) is 3.70. The molecule has 0 saturated heterocycles. The first-order valence-corrected chi connectivity index (χ1v) is 9.42. The number of nitrogens with one attached hydrogen (secondary N) is 1. The summed E-state index contributed by atoms with van der Waals surface area (Å²) in [5.74, 6) is 2.22. The van der Waals surface area contributed by atoms with Gasteiger partial charge in [0.2, 0.25) is 0 Å². The number of carbonyl (C=O) groups excluding carboxylic acids is 1. The number of amides is 2. The number of hydrogen-bond donors (Lipinski definition) is 1. The van der Waals surface area contributed by atoms with E-state index in [1.54, 1.807) is 16.2 Å². The van der Waals surface area contributed by atoms with Crippen LogP contribution < -0.4 is 5.32 Å². The van der Waals surface area contributed by atoms with Gasteiger partial charge in [-0.3, -0.25) is 5.32 Å². The molecule has 0 radical (unpaired) electrons. The summed E-state index contributed by atoms with van der Waals surface area (Å²) >= 11 is 1.62. The first-order chi connectivity index (χ1) is 11.7. The molecule has 1 N–H and O–H groups in total. The first-order valence-electron chi connectivity index (χ1n) is 8.61. The van der Waals surface area contributed by atoms with Crippen LogP contribution in [0.25, 0.3) is 0 Å². The molecule has 4 rings (SSSR count). The molecule has 0 unspecified atom stereocenters. The van der Waals surface area contributed by atoms with Gasteiger partial charge in [-0.1, -0.05) is 19.3 Å². The average Bonchev–Trinajstić information content (AvgIpc) is 3.20. The Morgan fingerprint density at radius 2 is 2.12 bits per heavy atom. The van der Waals surface area contributed by atoms with Crippen molar-refractivity contribution in [2.75, 3.05) is 11.9 Å². The number of hydrogen-bond acceptors (Lipinski definition) is 5. The Morgan fingerprint density at radius 3 is 2.96 bits per heavy atom. The first kappa shape index (κ1) is 15.6. The van der Waals surface area contributed by atoms with Gasteiger partial charge in [-0.05, 0) is 25.7 Å². The molecule has 0 atom stereocenters. The van der Waals surface area contributed by atoms with Crippen LogP contribution in [-0.2, 0) is 13.1 Å². The normalized spacial score (nSPS) is 18.5. The Morgan fingerprint density at radius 1 is 1.29 bits per heavy atom. The van der Waals surface area contributed by atoms with Crippen molar-refractivity contribution in [1.82, 2.24) is 24.6 Å². The highest BCUT2D eigenvalue weighted by atomic mass is 32.1. The summed E-state index contributed by atoms with van der Waals surface area (Å²) < 4.78 is 1.88. The number of nitrogens with zero attached hydrogens (tertiary/aromatic N) is 5. The van der Waals surface area contributed by atoms with Gasteiger partial charge in [0.25, 0.3) is 0 Å². The standard InChI is InChI=1S/C16H22N6OS/c1-11-18-14-10-21(7-8-22(14)20-11)16(23)19-15-17-9-13(24-15)12-5-3-2-4-6-12/h9,12H,2-8,10H2,1H3,(H,17,19,23). The second kappa shape index (κ2) is 6.51. The Kier molecular flexibility index (Phi) is 4.22. The summed E-state index contributed by atoms with van der Waals surface area (Å²) in [7, 11) is 0. The van der Waals surface area contributed by atoms with E-state index in [9.17, 15) is 4.79 Å². The number of thiazole rings is 1. The summed E-state index contributed by atoms with van der Waals surface area (Å²) in [6, 6.07) is -0.105. The van der Waals surface area contributed by atoms with Gasteiger partial charge in [0.1, 0.15) is 11.6 Å². The van der Waals surface area contributed by atoms with Crippen LogP contribution in [0.15, 0.2) is 6.20 Å². The molecule has 1 saturated carbocycles. The van der Waals surface area contributed by atoms with Gasteiger partial charge in [-0.15, -0.1) is 11.3 Å². The number of urea groups is 1. The molecule has 1 aliphatic heterocycles. The molecule has 24 heavy (non-hydrogen) atoms. The molecule has 2 aliphatic rings. The number of carbonyl (C=O) groups is 1. The zero-order valence-electron chi connectivity index (χ0n) is 13.9. The minimum atomic E-state index is -0.105. The van der Waals surface area contributed by atoms with E-state index in [4.69, 9.17) is 0 Å². The lowest BCUT2D eigenvalue weighted by Gasteiger charge is -2.26. The van der Waals surface area contributed by atoms with Crippen molar-refractivity contribution in [3.05, 3.63) is 22.7 Å². The van der Waals surface area contributed by atoms with Crippen LogP contribution in [0, 0.1) is 6.92 Å². The van der Waals surface area contributed by atoms with Crippen LogP contribution in [0.4, 0.5) is 9.93 Å². The van der Waals surface area contributed by atoms with Gasteiger partial charge < -0.3 is 4.90 Å². The lowest BCUT2D eigenvalue weighted by atomic mass is 9.89. The van der Waals surface area contributed by atoms with Crippen LogP contribution in [0.2, 0.25) is 0 Å². The molecule has 2 aromatic rings. The SMILES string of the molecule is Cc1nc2n(n1)CCN(C(=O)Nc1ncc(C3CCCCC3)s1)C2. The number of aryl methyl sites for hydroxylation is 1. The molecule has 1 aliphatic carbocycles. The smallest absolute Gasteiger partial charge is 0.315 e. The topological polar surface area (TPSA) is 75.9 Å². The molecule has 1 fully saturated rings. The predicted octanol–water partition coefficient (Wildman–Crippen LogP) is 3.14. The van der Waals surface area contributed by atoms with E-state index in [0.717, 1.165) is 11.6 Å². The Hall–Kier alpha value is -1.96. The minimum Gasteiger partial charge on any atom is -0.315 e. The minimum absolute atomic E-state index is 0.105. The molecule has 3 heterocycles. The molecule has 2 amide bonds. The summed E-state index contributed by atoms with van der Waals surface area (Å²) in [5, 5.41) is 7.96. The van der Waals surface area contributed by atoms with Crippen LogP contribution in [0.5, 0.6) is 0 Å². The fraction of sp³-hybridized carbons (Fsp3) is 0.625. The van der Waals surface area contributed by atoms with E-state index in [-0.39, 0.29) is 6.03 Å². The molecular weight excluding hydrogens is 324 g/mol. The molecule has 128 valence electrons. The van der Waals surface area contributed by atoms with Crippen molar-refractivity contribution >= 4 is 22.5 Å². The van der Waals surface area contributed by atoms with E-state index in [1.807, 2.05) is 17.8 Å². The molecule has 2 aromatic heterocycles. The zero-order valence-corrected chi connectivity index (χ0v) is 14.7. The van der Waals surface area contributed by atoms with E-state index < -0.39 is 0 Å². The highest BCUT2D eigenvalue weighted by Gasteiger charge is 2.24. The van der Waals surface area contributed by atoms with E-state index in [1.165, 1.54) is 37.0 Å². The monoisotopic (exact) mass is 346 g/mol. The quantitative estimate of drug-likeness (QED) is 0.906. The van der Waals surface area contributed by atoms with E-state index in [2.05, 4.69) is 20.4 Å². The Balaban J connectivity index is 1.39. The van der Waals surface area contributed by atoms with Crippen molar-refractivity contribution in [3.8, 4) is 0 Å². The third-order valence-electron chi connectivity index (χ3n) is 4.80. The largest absolute Gasteiger partial charge is 0.324 e. The highest BCUT2D eigenvalue weighted by molar-refractivity contribution is 7.15. The summed E-state index contributed by atoms with van der Waals surface area (Å²) in [4.78, 5) is 24.3. The highest BCUT2D eigenvalue weighted by Crippen LogP contribution is 2.36. The van der Waals surface area contributed by atoms with Crippen molar-refractivity contribution in [2.24, 2.45) is 0 Å². The van der Waals surface area contributed by atoms with E-state index in [0.29, 0.717) is 30.7 Å². The van der Waals surface area contributed by atoms with Gasteiger partial charge in [0.15, 0.2) is 5.13 Å². The van der Waals surface area contributed by atoms with Crippen molar-refractivity contribution in [3.63, 3.8) is 0 Å². The average molecular weight is 346 g/mol. The van der Waals surface area contributed by atoms with Gasteiger partial charge in [0.05, 0.1) is 13.1 Å². The zero-order chi connectivity index (χ0) is 16.5. The van der Waals surface area contributed by atoms with Gasteiger partial charge in [0, 0.05) is 17.6 Å². The number of fused-ring (bicyclic) bond motifs is 1. The van der Waals surface area contributed by atoms with Crippen LogP contribution in [-0.4, -0.2) is 37.2 Å². The van der Waals surface area contributed by atoms with Gasteiger partial charge >= 0.3 is 6.03 Å². The van der Waals surface area contributed by atoms with Crippen molar-refractivity contribution in [2.45, 2.75) is 58.0 Å². The number of anilines is 1. The third-order valence-corrected chi connectivity index (χ3v) is 5.88. The van der Waals surface area contributed by atoms with E-state index >= 15 is 0 Å². The Bertz CT molecular complexity index is 733.